The monoisotopic (exact) mass is 476 g/mol. The molecule has 10 nitrogen and oxygen atoms in total. The Hall–Kier alpha value is 0.850. The molecule has 0 aromatic carbocycles. The maximum Gasteiger partial charge on any atom is 0.356 e. The van der Waals surface area contributed by atoms with Gasteiger partial charge in [0.25, 0.3) is 0 Å². The Labute approximate surface area is 150 Å². The molecule has 1 saturated heterocycles. The smallest absolute Gasteiger partial charge is 0.354 e. The van der Waals surface area contributed by atoms with E-state index in [0.29, 0.717) is 0 Å². The van der Waals surface area contributed by atoms with E-state index >= 15 is 0 Å². The fourth-order valence-electron chi connectivity index (χ4n) is 1.70. The number of alkyl halides is 1. The van der Waals surface area contributed by atoms with Gasteiger partial charge in [-0.1, -0.05) is 11.6 Å². The molecule has 0 aromatic rings. The molecule has 0 radical (unpaired) electrons. The summed E-state index contributed by atoms with van der Waals surface area (Å²) in [6.45, 7) is 1.23. The van der Waals surface area contributed by atoms with Crippen LogP contribution in [0.4, 0.5) is 0 Å². The van der Waals surface area contributed by atoms with Crippen LogP contribution >= 0.6 is 43.6 Å². The maximum absolute atomic E-state index is 11.1. The van der Waals surface area contributed by atoms with Gasteiger partial charge in [-0.25, -0.2) is 12.5 Å². The standard InChI is InChI=1S/C6H8Cl4O10S3/c1-2-3(18-21(8,11)12)4(19-22(9,13)14)5(6(7)17-2)20-23(10,15)16/h2-6H,1H3/t2-,3+,4+,5-,6-/m0/s1. The number of ether oxygens (including phenoxy) is 1. The molecule has 23 heavy (non-hydrogen) atoms. The lowest BCUT2D eigenvalue weighted by Crippen LogP contribution is -2.58. The Morgan fingerprint density at radius 2 is 1.09 bits per heavy atom. The minimum absolute atomic E-state index is 1.20. The summed E-state index contributed by atoms with van der Waals surface area (Å²) >= 11 is 5.72. The van der Waals surface area contributed by atoms with Gasteiger partial charge < -0.3 is 4.74 Å². The largest absolute Gasteiger partial charge is 0.356 e. The Morgan fingerprint density at radius 1 is 0.739 bits per heavy atom. The average molecular weight is 478 g/mol. The molecule has 17 heteroatoms. The summed E-state index contributed by atoms with van der Waals surface area (Å²) in [6, 6.07) is 0. The van der Waals surface area contributed by atoms with Crippen LogP contribution in [0.15, 0.2) is 0 Å². The topological polar surface area (TPSA) is 139 Å². The highest BCUT2D eigenvalue weighted by molar-refractivity contribution is 8.10. The van der Waals surface area contributed by atoms with E-state index in [4.69, 9.17) is 48.4 Å². The van der Waals surface area contributed by atoms with E-state index < -0.39 is 58.0 Å². The van der Waals surface area contributed by atoms with Crippen LogP contribution in [0.25, 0.3) is 0 Å². The molecule has 0 aromatic heterocycles. The van der Waals surface area contributed by atoms with E-state index in [0.717, 1.165) is 0 Å². The van der Waals surface area contributed by atoms with Crippen LogP contribution in [0.2, 0.25) is 0 Å². The molecule has 1 aliphatic rings. The first-order valence-electron chi connectivity index (χ1n) is 5.27. The first-order chi connectivity index (χ1) is 10.1. The highest BCUT2D eigenvalue weighted by Gasteiger charge is 2.51. The molecular formula is C6H8Cl4O10S3. The number of rotatable bonds is 6. The summed E-state index contributed by atoms with van der Waals surface area (Å²) in [5.74, 6) is 0. The zero-order valence-electron chi connectivity index (χ0n) is 10.7. The predicted molar refractivity (Wildman–Crippen MR) is 79.1 cm³/mol. The molecule has 0 bridgehead atoms. The minimum Gasteiger partial charge on any atom is -0.354 e. The molecule has 0 aliphatic carbocycles. The Kier molecular flexibility index (Phi) is 7.25. The van der Waals surface area contributed by atoms with Crippen LogP contribution in [0.5, 0.6) is 0 Å². The zero-order chi connectivity index (χ0) is 18.2. The van der Waals surface area contributed by atoms with Crippen LogP contribution < -0.4 is 0 Å². The van der Waals surface area contributed by atoms with Gasteiger partial charge in [-0.2, -0.15) is 25.3 Å². The van der Waals surface area contributed by atoms with Gasteiger partial charge in [0.1, 0.15) is 18.3 Å². The third-order valence-electron chi connectivity index (χ3n) is 2.39. The van der Waals surface area contributed by atoms with Gasteiger partial charge in [0.05, 0.1) is 6.10 Å². The molecule has 1 rings (SSSR count). The molecule has 1 heterocycles. The second-order valence-corrected chi connectivity index (χ2v) is 10.8. The SMILES string of the molecule is C[C@@H]1O[C@H](Cl)[C@@H](OS(=O)(=O)Cl)[C@H](OS(=O)(=O)Cl)[C@@H]1OS(=O)(=O)Cl. The van der Waals surface area contributed by atoms with Crippen molar-refractivity contribution in [1.82, 2.24) is 0 Å². The van der Waals surface area contributed by atoms with E-state index in [1.54, 1.807) is 0 Å². The third-order valence-corrected chi connectivity index (χ3v) is 4.75. The van der Waals surface area contributed by atoms with E-state index in [-0.39, 0.29) is 0 Å². The minimum atomic E-state index is -4.73. The summed E-state index contributed by atoms with van der Waals surface area (Å²) < 4.78 is 84.6. The molecule has 0 unspecified atom stereocenters. The summed E-state index contributed by atoms with van der Waals surface area (Å²) in [4.78, 5) is 0. The normalized spacial score (nSPS) is 33.5. The Bertz CT molecular complexity index is 687. The van der Waals surface area contributed by atoms with Gasteiger partial charge in [-0.15, -0.1) is 0 Å². The van der Waals surface area contributed by atoms with Crippen LogP contribution in [0, 0.1) is 0 Å². The van der Waals surface area contributed by atoms with Gasteiger partial charge in [-0.3, -0.25) is 0 Å². The fraction of sp³-hybridized carbons (Fsp3) is 1.00. The molecule has 5 atom stereocenters. The quantitative estimate of drug-likeness (QED) is 0.394. The van der Waals surface area contributed by atoms with Gasteiger partial charge in [-0.05, 0) is 6.92 Å². The molecule has 1 aliphatic heterocycles. The van der Waals surface area contributed by atoms with E-state index in [1.807, 2.05) is 0 Å². The average Bonchev–Trinajstić information content (AvgIpc) is 2.25. The lowest BCUT2D eigenvalue weighted by atomic mass is 10.0. The summed E-state index contributed by atoms with van der Waals surface area (Å²) in [5, 5.41) is 0. The van der Waals surface area contributed by atoms with Crippen molar-refractivity contribution >= 4 is 71.6 Å². The van der Waals surface area contributed by atoms with Crippen molar-refractivity contribution in [2.75, 3.05) is 0 Å². The highest BCUT2D eigenvalue weighted by atomic mass is 35.7. The Balaban J connectivity index is 3.29. The molecule has 0 spiro atoms. The van der Waals surface area contributed by atoms with Crippen LogP contribution in [-0.2, 0) is 45.3 Å². The number of hydrogen-bond donors (Lipinski definition) is 0. The van der Waals surface area contributed by atoms with Crippen LogP contribution in [-0.4, -0.2) is 55.2 Å². The van der Waals surface area contributed by atoms with Crippen molar-refractivity contribution in [3.63, 3.8) is 0 Å². The fourth-order valence-corrected chi connectivity index (χ4v) is 4.37. The van der Waals surface area contributed by atoms with Crippen molar-refractivity contribution in [3.8, 4) is 0 Å². The van der Waals surface area contributed by atoms with Gasteiger partial charge >= 0.3 is 28.0 Å². The molecule has 0 saturated carbocycles. The zero-order valence-corrected chi connectivity index (χ0v) is 16.2. The summed E-state index contributed by atoms with van der Waals surface area (Å²) in [6.07, 6.45) is -6.82. The van der Waals surface area contributed by atoms with E-state index in [9.17, 15) is 25.3 Å². The van der Waals surface area contributed by atoms with E-state index in [2.05, 4.69) is 12.5 Å². The van der Waals surface area contributed by atoms with Gasteiger partial charge in [0.2, 0.25) is 0 Å². The van der Waals surface area contributed by atoms with Crippen molar-refractivity contribution in [2.24, 2.45) is 0 Å². The van der Waals surface area contributed by atoms with Crippen LogP contribution in [0.1, 0.15) is 6.92 Å². The predicted octanol–water partition coefficient (Wildman–Crippen LogP) is 0.576. The number of hydrogen-bond acceptors (Lipinski definition) is 10. The summed E-state index contributed by atoms with van der Waals surface area (Å²) in [5.41, 5.74) is -1.60. The molecule has 0 N–H and O–H groups in total. The molecule has 1 fully saturated rings. The lowest BCUT2D eigenvalue weighted by molar-refractivity contribution is -0.166. The number of halogens is 4. The van der Waals surface area contributed by atoms with Crippen molar-refractivity contribution in [1.29, 1.82) is 0 Å². The maximum atomic E-state index is 11.1. The van der Waals surface area contributed by atoms with Crippen molar-refractivity contribution in [2.45, 2.75) is 36.9 Å². The second-order valence-electron chi connectivity index (χ2n) is 4.05. The molecular weight excluding hydrogens is 470 g/mol. The lowest BCUT2D eigenvalue weighted by Gasteiger charge is -2.40. The van der Waals surface area contributed by atoms with E-state index in [1.165, 1.54) is 6.92 Å². The first kappa shape index (κ1) is 21.9. The molecule has 0 amide bonds. The van der Waals surface area contributed by atoms with Crippen molar-refractivity contribution in [3.05, 3.63) is 0 Å². The van der Waals surface area contributed by atoms with Gasteiger partial charge in [0, 0.05) is 32.0 Å². The Morgan fingerprint density at radius 3 is 1.48 bits per heavy atom. The van der Waals surface area contributed by atoms with Crippen LogP contribution in [0.3, 0.4) is 0 Å². The summed E-state index contributed by atoms with van der Waals surface area (Å²) in [7, 11) is 0.707. The first-order valence-corrected chi connectivity index (χ1v) is 12.4. The third kappa shape index (κ3) is 7.73. The van der Waals surface area contributed by atoms with Crippen molar-refractivity contribution < 1.29 is 42.5 Å². The van der Waals surface area contributed by atoms with Gasteiger partial charge in [0.15, 0.2) is 5.56 Å². The highest BCUT2D eigenvalue weighted by Crippen LogP contribution is 2.33. The second kappa shape index (κ2) is 7.61. The molecule has 138 valence electrons.